The van der Waals surface area contributed by atoms with Crippen LogP contribution in [0.2, 0.25) is 0 Å². The van der Waals surface area contributed by atoms with Crippen LogP contribution in [0, 0.1) is 0 Å². The van der Waals surface area contributed by atoms with Gasteiger partial charge in [-0.15, -0.1) is 0 Å². The molecule has 1 atom stereocenters. The molecule has 0 spiro atoms. The molecular weight excluding hydrogens is 460 g/mol. The topological polar surface area (TPSA) is 103 Å². The summed E-state index contributed by atoms with van der Waals surface area (Å²) in [5, 5.41) is 5.55. The van der Waals surface area contributed by atoms with Crippen LogP contribution >= 0.6 is 0 Å². The van der Waals surface area contributed by atoms with E-state index in [2.05, 4.69) is 10.6 Å². The first kappa shape index (κ1) is 26.3. The van der Waals surface area contributed by atoms with Crippen molar-refractivity contribution in [2.45, 2.75) is 25.8 Å². The quantitative estimate of drug-likeness (QED) is 0.372. The molecule has 0 heterocycles. The fraction of sp³-hybridized carbons (Fsp3) is 0.250. The minimum absolute atomic E-state index is 0.0473. The molecule has 0 aromatic heterocycles. The SMILES string of the molecule is COc1cccc(NC(=O)COc2ccc(C(=O)OCC(=O)NC(C)CCc3ccccc3)cc2)c1. The molecule has 3 aromatic rings. The largest absolute Gasteiger partial charge is 0.497 e. The second-order valence-corrected chi connectivity index (χ2v) is 8.16. The summed E-state index contributed by atoms with van der Waals surface area (Å²) in [6.07, 6.45) is 1.63. The van der Waals surface area contributed by atoms with E-state index in [1.54, 1.807) is 43.5 Å². The summed E-state index contributed by atoms with van der Waals surface area (Å²) in [5.41, 5.74) is 2.07. The Balaban J connectivity index is 1.37. The van der Waals surface area contributed by atoms with E-state index in [1.807, 2.05) is 37.3 Å². The number of hydrogen-bond acceptors (Lipinski definition) is 6. The monoisotopic (exact) mass is 490 g/mol. The van der Waals surface area contributed by atoms with Gasteiger partial charge >= 0.3 is 5.97 Å². The maximum absolute atomic E-state index is 12.3. The van der Waals surface area contributed by atoms with Gasteiger partial charge < -0.3 is 24.8 Å². The number of aryl methyl sites for hydroxylation is 1. The first-order valence-corrected chi connectivity index (χ1v) is 11.6. The lowest BCUT2D eigenvalue weighted by atomic mass is 10.1. The van der Waals surface area contributed by atoms with Crippen molar-refractivity contribution in [2.24, 2.45) is 0 Å². The van der Waals surface area contributed by atoms with E-state index in [4.69, 9.17) is 14.2 Å². The summed E-state index contributed by atoms with van der Waals surface area (Å²) in [5.74, 6) is -0.269. The zero-order chi connectivity index (χ0) is 25.8. The Kier molecular flexibility index (Phi) is 9.88. The van der Waals surface area contributed by atoms with Crippen LogP contribution in [0.1, 0.15) is 29.3 Å². The third kappa shape index (κ3) is 8.79. The molecule has 0 aliphatic heterocycles. The summed E-state index contributed by atoms with van der Waals surface area (Å²) in [6.45, 7) is 1.35. The molecule has 0 fully saturated rings. The van der Waals surface area contributed by atoms with Gasteiger partial charge in [0.1, 0.15) is 11.5 Å². The first-order chi connectivity index (χ1) is 17.4. The maximum atomic E-state index is 12.3. The van der Waals surface area contributed by atoms with Gasteiger partial charge in [-0.2, -0.15) is 0 Å². The van der Waals surface area contributed by atoms with Gasteiger partial charge in [0.15, 0.2) is 13.2 Å². The van der Waals surface area contributed by atoms with Crippen molar-refractivity contribution < 1.29 is 28.6 Å². The number of rotatable bonds is 12. The number of carbonyl (C=O) groups is 3. The summed E-state index contributed by atoms with van der Waals surface area (Å²) >= 11 is 0. The van der Waals surface area contributed by atoms with E-state index in [-0.39, 0.29) is 36.6 Å². The van der Waals surface area contributed by atoms with Crippen molar-refractivity contribution in [3.63, 3.8) is 0 Å². The molecule has 8 nitrogen and oxygen atoms in total. The summed E-state index contributed by atoms with van der Waals surface area (Å²) in [4.78, 5) is 36.5. The number of nitrogens with one attached hydrogen (secondary N) is 2. The van der Waals surface area contributed by atoms with Crippen LogP contribution in [0.4, 0.5) is 5.69 Å². The molecule has 0 aliphatic carbocycles. The molecule has 0 saturated heterocycles. The lowest BCUT2D eigenvalue weighted by molar-refractivity contribution is -0.124. The van der Waals surface area contributed by atoms with Gasteiger partial charge in [0.2, 0.25) is 0 Å². The number of amides is 2. The van der Waals surface area contributed by atoms with Gasteiger partial charge in [-0.25, -0.2) is 4.79 Å². The number of anilines is 1. The molecular formula is C28H30N2O6. The lowest BCUT2D eigenvalue weighted by Crippen LogP contribution is -2.36. The molecule has 2 N–H and O–H groups in total. The number of carbonyl (C=O) groups excluding carboxylic acids is 3. The first-order valence-electron chi connectivity index (χ1n) is 11.6. The van der Waals surface area contributed by atoms with Crippen LogP contribution in [-0.4, -0.2) is 44.1 Å². The molecule has 0 bridgehead atoms. The number of ether oxygens (including phenoxy) is 3. The van der Waals surface area contributed by atoms with Gasteiger partial charge in [-0.1, -0.05) is 36.4 Å². The van der Waals surface area contributed by atoms with Crippen molar-refractivity contribution >= 4 is 23.5 Å². The molecule has 0 saturated carbocycles. The van der Waals surface area contributed by atoms with Crippen LogP contribution in [-0.2, 0) is 20.7 Å². The average molecular weight is 491 g/mol. The van der Waals surface area contributed by atoms with Crippen LogP contribution < -0.4 is 20.1 Å². The van der Waals surface area contributed by atoms with E-state index in [9.17, 15) is 14.4 Å². The van der Waals surface area contributed by atoms with Gasteiger partial charge in [0, 0.05) is 17.8 Å². The van der Waals surface area contributed by atoms with Gasteiger partial charge in [0.05, 0.1) is 12.7 Å². The fourth-order valence-electron chi connectivity index (χ4n) is 3.36. The number of methoxy groups -OCH3 is 1. The van der Waals surface area contributed by atoms with Crippen LogP contribution in [0.3, 0.4) is 0 Å². The van der Waals surface area contributed by atoms with Crippen molar-refractivity contribution in [3.05, 3.63) is 90.0 Å². The molecule has 36 heavy (non-hydrogen) atoms. The zero-order valence-electron chi connectivity index (χ0n) is 20.4. The van der Waals surface area contributed by atoms with Crippen molar-refractivity contribution in [3.8, 4) is 11.5 Å². The molecule has 0 radical (unpaired) electrons. The molecule has 3 aromatic carbocycles. The summed E-state index contributed by atoms with van der Waals surface area (Å²) < 4.78 is 15.7. The highest BCUT2D eigenvalue weighted by Gasteiger charge is 2.13. The van der Waals surface area contributed by atoms with Gasteiger partial charge in [-0.3, -0.25) is 9.59 Å². The Bertz CT molecular complexity index is 1150. The van der Waals surface area contributed by atoms with E-state index < -0.39 is 5.97 Å². The standard InChI is InChI=1S/C28H30N2O6/c1-20(11-12-21-7-4-3-5-8-21)29-26(31)19-36-28(33)22-13-15-24(16-14-22)35-18-27(32)30-23-9-6-10-25(17-23)34-2/h3-10,13-17,20H,11-12,18-19H2,1-2H3,(H,29,31)(H,30,32). The predicted octanol–water partition coefficient (Wildman–Crippen LogP) is 4.01. The fourth-order valence-corrected chi connectivity index (χ4v) is 3.36. The normalized spacial score (nSPS) is 11.2. The Morgan fingerprint density at radius 1 is 0.833 bits per heavy atom. The summed E-state index contributed by atoms with van der Waals surface area (Å²) in [7, 11) is 1.55. The van der Waals surface area contributed by atoms with Crippen molar-refractivity contribution in [2.75, 3.05) is 25.6 Å². The number of benzene rings is 3. The smallest absolute Gasteiger partial charge is 0.338 e. The van der Waals surface area contributed by atoms with E-state index in [0.29, 0.717) is 17.2 Å². The van der Waals surface area contributed by atoms with Crippen molar-refractivity contribution in [1.82, 2.24) is 5.32 Å². The average Bonchev–Trinajstić information content (AvgIpc) is 2.90. The van der Waals surface area contributed by atoms with Crippen LogP contribution in [0.5, 0.6) is 11.5 Å². The number of hydrogen-bond donors (Lipinski definition) is 2. The molecule has 1 unspecified atom stereocenters. The second-order valence-electron chi connectivity index (χ2n) is 8.16. The molecule has 0 aliphatic rings. The molecule has 2 amide bonds. The minimum atomic E-state index is -0.621. The van der Waals surface area contributed by atoms with E-state index in [1.165, 1.54) is 17.7 Å². The van der Waals surface area contributed by atoms with Gasteiger partial charge in [-0.05, 0) is 61.7 Å². The number of esters is 1. The summed E-state index contributed by atoms with van der Waals surface area (Å²) in [6, 6.07) is 23.1. The predicted molar refractivity (Wildman–Crippen MR) is 136 cm³/mol. The maximum Gasteiger partial charge on any atom is 0.338 e. The highest BCUT2D eigenvalue weighted by atomic mass is 16.5. The Morgan fingerprint density at radius 3 is 2.31 bits per heavy atom. The van der Waals surface area contributed by atoms with E-state index in [0.717, 1.165) is 12.8 Å². The molecule has 3 rings (SSSR count). The highest BCUT2D eigenvalue weighted by Crippen LogP contribution is 2.17. The Labute approximate surface area is 210 Å². The second kappa shape index (κ2) is 13.5. The van der Waals surface area contributed by atoms with Crippen LogP contribution in [0.25, 0.3) is 0 Å². The van der Waals surface area contributed by atoms with Gasteiger partial charge in [0.25, 0.3) is 11.8 Å². The minimum Gasteiger partial charge on any atom is -0.497 e. The zero-order valence-corrected chi connectivity index (χ0v) is 20.4. The lowest BCUT2D eigenvalue weighted by Gasteiger charge is -2.14. The highest BCUT2D eigenvalue weighted by molar-refractivity contribution is 5.92. The van der Waals surface area contributed by atoms with Crippen LogP contribution in [0.15, 0.2) is 78.9 Å². The third-order valence-corrected chi connectivity index (χ3v) is 5.26. The van der Waals surface area contributed by atoms with Crippen molar-refractivity contribution in [1.29, 1.82) is 0 Å². The molecule has 188 valence electrons. The Morgan fingerprint density at radius 2 is 1.58 bits per heavy atom. The molecule has 8 heteroatoms. The Hall–Kier alpha value is -4.33. The third-order valence-electron chi connectivity index (χ3n) is 5.26. The van der Waals surface area contributed by atoms with E-state index >= 15 is 0 Å².